The van der Waals surface area contributed by atoms with E-state index in [2.05, 4.69) is 44.7 Å². The molecule has 0 amide bonds. The molecule has 0 aliphatic carbocycles. The van der Waals surface area contributed by atoms with E-state index in [0.29, 0.717) is 23.3 Å². The molecule has 5 rings (SSSR count). The Labute approximate surface area is 207 Å². The van der Waals surface area contributed by atoms with E-state index < -0.39 is 0 Å². The summed E-state index contributed by atoms with van der Waals surface area (Å²) in [6.07, 6.45) is 0. The Morgan fingerprint density at radius 2 is 0.639 bits per heavy atom. The Morgan fingerprint density at radius 1 is 0.389 bits per heavy atom. The number of aryl methyl sites for hydroxylation is 4. The molecule has 1 aromatic heterocycles. The fourth-order valence-electron chi connectivity index (χ4n) is 4.17. The highest BCUT2D eigenvalue weighted by molar-refractivity contribution is 6.06. The van der Waals surface area contributed by atoms with E-state index in [0.717, 1.165) is 43.6 Å². The van der Waals surface area contributed by atoms with Crippen LogP contribution in [0.1, 0.15) is 23.3 Å². The van der Waals surface area contributed by atoms with Crippen molar-refractivity contribution in [2.75, 3.05) is 0 Å². The van der Waals surface area contributed by atoms with Crippen LogP contribution in [0.3, 0.4) is 0 Å². The standard InChI is InChI=1S/C28H28N8/c1-17-29-23-13-5-9-21-10-6-14-24(27(21)23)31-19(3)35-36-20(4)32-26-16-8-12-22-11-7-15-25(28(22)26)30-18(2)34-33-17/h5-16H,1-4H3,(H,29,33)(H,30,34)(H,31,35)(H,32,36). The summed E-state index contributed by atoms with van der Waals surface area (Å²) < 4.78 is 0. The number of rotatable bonds is 0. The van der Waals surface area contributed by atoms with Crippen molar-refractivity contribution in [2.24, 2.45) is 0 Å². The van der Waals surface area contributed by atoms with Gasteiger partial charge in [0.05, 0.1) is 22.1 Å². The van der Waals surface area contributed by atoms with Crippen molar-refractivity contribution >= 4 is 43.6 Å². The summed E-state index contributed by atoms with van der Waals surface area (Å²) in [4.78, 5) is 19.3. The van der Waals surface area contributed by atoms with Crippen molar-refractivity contribution in [1.29, 1.82) is 0 Å². The molecule has 8 nitrogen and oxygen atoms in total. The van der Waals surface area contributed by atoms with Gasteiger partial charge < -0.3 is 0 Å². The second kappa shape index (κ2) is 9.87. The minimum atomic E-state index is 0.701. The Bertz CT molecular complexity index is 1540. The van der Waals surface area contributed by atoms with Gasteiger partial charge in [0.2, 0.25) is 0 Å². The average molecular weight is 477 g/mol. The van der Waals surface area contributed by atoms with Gasteiger partial charge in [-0.15, -0.1) is 0 Å². The maximum absolute atomic E-state index is 4.83. The number of H-pyrrole nitrogens is 4. The highest BCUT2D eigenvalue weighted by Gasteiger charge is 2.02. The van der Waals surface area contributed by atoms with Crippen molar-refractivity contribution in [2.45, 2.75) is 27.7 Å². The van der Waals surface area contributed by atoms with Gasteiger partial charge in [-0.1, -0.05) is 48.5 Å². The monoisotopic (exact) mass is 476 g/mol. The van der Waals surface area contributed by atoms with Crippen LogP contribution in [-0.2, 0) is 0 Å². The summed E-state index contributed by atoms with van der Waals surface area (Å²) in [7, 11) is 0. The second-order valence-corrected chi connectivity index (χ2v) is 8.59. The Kier molecular flexibility index (Phi) is 6.32. The Balaban J connectivity index is 1.94. The smallest absolute Gasteiger partial charge is 0.118 e. The maximum atomic E-state index is 4.83. The van der Waals surface area contributed by atoms with E-state index >= 15 is 0 Å². The first-order valence-corrected chi connectivity index (χ1v) is 11.8. The summed E-state index contributed by atoms with van der Waals surface area (Å²) in [5, 5.41) is 16.7. The molecular formula is C28H28N8. The van der Waals surface area contributed by atoms with E-state index in [1.54, 1.807) is 0 Å². The van der Waals surface area contributed by atoms with Crippen molar-refractivity contribution in [3.63, 3.8) is 0 Å². The van der Waals surface area contributed by atoms with Crippen molar-refractivity contribution < 1.29 is 0 Å². The lowest BCUT2D eigenvalue weighted by Crippen LogP contribution is -1.93. The van der Waals surface area contributed by atoms with Gasteiger partial charge in [0.1, 0.15) is 23.3 Å². The van der Waals surface area contributed by atoms with Crippen LogP contribution in [0.25, 0.3) is 43.6 Å². The number of nitrogens with zero attached hydrogens (tertiary/aromatic N) is 4. The van der Waals surface area contributed by atoms with Crippen LogP contribution in [0.2, 0.25) is 0 Å². The molecule has 0 unspecified atom stereocenters. The van der Waals surface area contributed by atoms with Gasteiger partial charge in [0.25, 0.3) is 0 Å². The molecule has 4 aromatic carbocycles. The van der Waals surface area contributed by atoms with Gasteiger partial charge in [0, 0.05) is 10.8 Å². The van der Waals surface area contributed by atoms with Gasteiger partial charge in [-0.25, -0.2) is 19.9 Å². The molecule has 0 fully saturated rings. The third-order valence-electron chi connectivity index (χ3n) is 5.72. The van der Waals surface area contributed by atoms with Crippen LogP contribution in [0.15, 0.2) is 72.8 Å². The summed E-state index contributed by atoms with van der Waals surface area (Å²) in [5.74, 6) is 2.80. The van der Waals surface area contributed by atoms with E-state index in [1.807, 2.05) is 76.2 Å². The molecule has 0 radical (unpaired) electrons. The number of hydrogen-bond donors (Lipinski definition) is 4. The quantitative estimate of drug-likeness (QED) is 0.208. The van der Waals surface area contributed by atoms with Gasteiger partial charge in [-0.2, -0.15) is 0 Å². The highest BCUT2D eigenvalue weighted by atomic mass is 15.2. The fraction of sp³-hybridized carbons (Fsp3) is 0.143. The Morgan fingerprint density at radius 3 is 0.889 bits per heavy atom. The molecule has 1 heterocycles. The molecule has 180 valence electrons. The first-order valence-electron chi connectivity index (χ1n) is 11.8. The SMILES string of the molecule is Cc1nc2cccc3cccc(nc(C)[nH][nH]c(C)nc4cccc5cccc(nc(C)[nH][nH]1)c54)c32. The summed E-state index contributed by atoms with van der Waals surface area (Å²) >= 11 is 0. The molecule has 0 saturated carbocycles. The van der Waals surface area contributed by atoms with Gasteiger partial charge in [0.15, 0.2) is 0 Å². The lowest BCUT2D eigenvalue weighted by molar-refractivity contribution is 0.894. The lowest BCUT2D eigenvalue weighted by atomic mass is 10.1. The molecule has 36 heavy (non-hydrogen) atoms. The van der Waals surface area contributed by atoms with E-state index in [1.165, 1.54) is 0 Å². The van der Waals surface area contributed by atoms with Crippen molar-refractivity contribution in [3.8, 4) is 0 Å². The van der Waals surface area contributed by atoms with Gasteiger partial charge >= 0.3 is 0 Å². The van der Waals surface area contributed by atoms with Gasteiger partial charge in [-0.05, 0) is 62.7 Å². The first-order chi connectivity index (χ1) is 17.5. The lowest BCUT2D eigenvalue weighted by Gasteiger charge is -2.02. The topological polar surface area (TPSA) is 115 Å². The first kappa shape index (κ1) is 23.0. The second-order valence-electron chi connectivity index (χ2n) is 8.59. The normalized spacial score (nSPS) is 10.8. The third kappa shape index (κ3) is 4.88. The zero-order chi connectivity index (χ0) is 25.1. The van der Waals surface area contributed by atoms with Crippen LogP contribution in [0.5, 0.6) is 0 Å². The van der Waals surface area contributed by atoms with Gasteiger partial charge in [-0.3, -0.25) is 20.4 Å². The molecule has 4 N–H and O–H groups in total. The van der Waals surface area contributed by atoms with Crippen LogP contribution in [0.4, 0.5) is 0 Å². The number of aromatic nitrogens is 8. The number of aromatic amines is 4. The number of hydrogen-bond acceptors (Lipinski definition) is 4. The fourth-order valence-corrected chi connectivity index (χ4v) is 4.17. The predicted octanol–water partition coefficient (Wildman–Crippen LogP) is 6.36. The third-order valence-corrected chi connectivity index (χ3v) is 5.72. The molecule has 0 aliphatic rings. The maximum Gasteiger partial charge on any atom is 0.118 e. The summed E-state index contributed by atoms with van der Waals surface area (Å²) in [6, 6.07) is 24.2. The minimum absolute atomic E-state index is 0.701. The van der Waals surface area contributed by atoms with E-state index in [9.17, 15) is 0 Å². The molecular weight excluding hydrogens is 448 g/mol. The summed E-state index contributed by atoms with van der Waals surface area (Å²) in [6.45, 7) is 7.64. The number of nitrogens with one attached hydrogen (secondary N) is 4. The molecule has 0 saturated heterocycles. The Hall–Kier alpha value is -4.72. The predicted molar refractivity (Wildman–Crippen MR) is 146 cm³/mol. The van der Waals surface area contributed by atoms with Crippen LogP contribution in [-0.4, -0.2) is 40.3 Å². The molecule has 0 aliphatic heterocycles. The van der Waals surface area contributed by atoms with E-state index in [4.69, 9.17) is 19.9 Å². The molecule has 8 heteroatoms. The average Bonchev–Trinajstić information content (AvgIpc) is 2.86. The molecule has 5 aromatic rings. The zero-order valence-electron chi connectivity index (χ0n) is 20.7. The number of benzene rings is 4. The highest BCUT2D eigenvalue weighted by Crippen LogP contribution is 2.23. The van der Waals surface area contributed by atoms with Crippen LogP contribution < -0.4 is 0 Å². The zero-order valence-corrected chi connectivity index (χ0v) is 20.7. The molecule has 0 spiro atoms. The van der Waals surface area contributed by atoms with Crippen LogP contribution >= 0.6 is 0 Å². The summed E-state index contributed by atoms with van der Waals surface area (Å²) in [5.41, 5.74) is 3.30. The largest absolute Gasteiger partial charge is 0.287 e. The van der Waals surface area contributed by atoms with Crippen molar-refractivity contribution in [1.82, 2.24) is 40.3 Å². The molecule has 0 bridgehead atoms. The van der Waals surface area contributed by atoms with Crippen molar-refractivity contribution in [3.05, 3.63) is 96.1 Å². The minimum Gasteiger partial charge on any atom is -0.287 e. The van der Waals surface area contributed by atoms with E-state index in [-0.39, 0.29) is 0 Å². The van der Waals surface area contributed by atoms with Crippen LogP contribution in [0, 0.1) is 27.7 Å². The molecule has 0 atom stereocenters.